The number of nitrogens with zero attached hydrogens (tertiary/aromatic N) is 1. The summed E-state index contributed by atoms with van der Waals surface area (Å²) in [5, 5.41) is 19.9. The van der Waals surface area contributed by atoms with Crippen LogP contribution in [-0.4, -0.2) is 58.0 Å². The SMILES string of the molecule is CSc1ccc(-c2ccc(-c3cc4nc(OC5COC(CO)C(O)C5)[nH]c4cc3Cl)cc2)cc1. The second kappa shape index (κ2) is 9.98. The first-order valence-electron chi connectivity index (χ1n) is 11.1. The Hall–Kier alpha value is -2.55. The molecule has 4 aromatic rings. The fourth-order valence-electron chi connectivity index (χ4n) is 4.16. The highest BCUT2D eigenvalue weighted by Crippen LogP contribution is 2.34. The van der Waals surface area contributed by atoms with Crippen LogP contribution < -0.4 is 4.74 Å². The van der Waals surface area contributed by atoms with Gasteiger partial charge in [0.25, 0.3) is 6.01 Å². The van der Waals surface area contributed by atoms with Crippen LogP contribution in [0.5, 0.6) is 6.01 Å². The first-order chi connectivity index (χ1) is 16.5. The molecule has 3 atom stereocenters. The number of halogens is 1. The average molecular weight is 497 g/mol. The number of ether oxygens (including phenoxy) is 2. The van der Waals surface area contributed by atoms with Gasteiger partial charge in [-0.25, -0.2) is 0 Å². The van der Waals surface area contributed by atoms with E-state index in [4.69, 9.17) is 21.1 Å². The molecule has 34 heavy (non-hydrogen) atoms. The molecule has 1 aliphatic heterocycles. The van der Waals surface area contributed by atoms with Crippen LogP contribution >= 0.6 is 23.4 Å². The molecule has 3 N–H and O–H groups in total. The number of aliphatic hydroxyl groups excluding tert-OH is 2. The Labute approximate surface area is 206 Å². The summed E-state index contributed by atoms with van der Waals surface area (Å²) in [7, 11) is 0. The number of hydrogen-bond donors (Lipinski definition) is 3. The Bertz CT molecular complexity index is 1280. The number of benzene rings is 3. The number of imidazole rings is 1. The summed E-state index contributed by atoms with van der Waals surface area (Å²) in [6.45, 7) is 0.0583. The van der Waals surface area contributed by atoms with Gasteiger partial charge in [-0.2, -0.15) is 4.98 Å². The van der Waals surface area contributed by atoms with E-state index in [0.717, 1.165) is 27.7 Å². The van der Waals surface area contributed by atoms with Gasteiger partial charge in [-0.1, -0.05) is 48.0 Å². The first-order valence-corrected chi connectivity index (χ1v) is 12.7. The third-order valence-electron chi connectivity index (χ3n) is 6.06. The van der Waals surface area contributed by atoms with Crippen LogP contribution in [0, 0.1) is 0 Å². The van der Waals surface area contributed by atoms with E-state index < -0.39 is 12.2 Å². The number of rotatable bonds is 6. The Morgan fingerprint density at radius 2 is 1.76 bits per heavy atom. The monoisotopic (exact) mass is 496 g/mol. The predicted molar refractivity (Wildman–Crippen MR) is 136 cm³/mol. The number of hydrogen-bond acceptors (Lipinski definition) is 6. The molecule has 3 aromatic carbocycles. The Balaban J connectivity index is 1.35. The second-order valence-electron chi connectivity index (χ2n) is 8.29. The van der Waals surface area contributed by atoms with Gasteiger partial charge in [0.15, 0.2) is 0 Å². The molecule has 1 fully saturated rings. The molecule has 1 saturated heterocycles. The molecular weight excluding hydrogens is 472 g/mol. The topological polar surface area (TPSA) is 87.6 Å². The lowest BCUT2D eigenvalue weighted by atomic mass is 10.00. The first kappa shape index (κ1) is 23.2. The highest BCUT2D eigenvalue weighted by atomic mass is 35.5. The van der Waals surface area contributed by atoms with Crippen molar-refractivity contribution >= 4 is 34.4 Å². The van der Waals surface area contributed by atoms with Crippen molar-refractivity contribution in [1.82, 2.24) is 9.97 Å². The summed E-state index contributed by atoms with van der Waals surface area (Å²) >= 11 is 8.34. The fourth-order valence-corrected chi connectivity index (χ4v) is 4.84. The summed E-state index contributed by atoms with van der Waals surface area (Å²) < 4.78 is 11.4. The number of nitrogens with one attached hydrogen (secondary N) is 1. The maximum Gasteiger partial charge on any atom is 0.294 e. The second-order valence-corrected chi connectivity index (χ2v) is 9.58. The molecule has 1 aliphatic rings. The van der Waals surface area contributed by atoms with Gasteiger partial charge in [0, 0.05) is 16.9 Å². The lowest BCUT2D eigenvalue weighted by Gasteiger charge is -2.31. The van der Waals surface area contributed by atoms with E-state index in [9.17, 15) is 10.2 Å². The van der Waals surface area contributed by atoms with Gasteiger partial charge in [0.05, 0.1) is 35.4 Å². The molecule has 0 aliphatic carbocycles. The van der Waals surface area contributed by atoms with E-state index in [-0.39, 0.29) is 19.3 Å². The number of thioether (sulfide) groups is 1. The van der Waals surface area contributed by atoms with Crippen LogP contribution in [-0.2, 0) is 4.74 Å². The molecule has 176 valence electrons. The van der Waals surface area contributed by atoms with Gasteiger partial charge in [-0.15, -0.1) is 11.8 Å². The zero-order chi connectivity index (χ0) is 23.7. The van der Waals surface area contributed by atoms with Gasteiger partial charge < -0.3 is 24.7 Å². The van der Waals surface area contributed by atoms with Crippen molar-refractivity contribution in [1.29, 1.82) is 0 Å². The lowest BCUT2D eigenvalue weighted by Crippen LogP contribution is -2.45. The molecule has 8 heteroatoms. The summed E-state index contributed by atoms with van der Waals surface area (Å²) in [5.74, 6) is 0. The van der Waals surface area contributed by atoms with Crippen molar-refractivity contribution in [2.24, 2.45) is 0 Å². The standard InChI is InChI=1S/C26H25ClN2O4S/c1-34-19-8-6-16(7-9-19)15-2-4-17(5-3-15)20-11-22-23(12-21(20)27)29-26(28-22)33-18-10-24(31)25(13-30)32-14-18/h2-9,11-12,18,24-25,30-31H,10,13-14H2,1H3,(H,28,29). The van der Waals surface area contributed by atoms with Crippen LogP contribution in [0.2, 0.25) is 5.02 Å². The molecule has 0 spiro atoms. The van der Waals surface area contributed by atoms with Crippen molar-refractivity contribution in [2.45, 2.75) is 29.6 Å². The highest BCUT2D eigenvalue weighted by Gasteiger charge is 2.31. The molecule has 1 aromatic heterocycles. The van der Waals surface area contributed by atoms with E-state index in [1.165, 1.54) is 10.5 Å². The van der Waals surface area contributed by atoms with Gasteiger partial charge in [0.2, 0.25) is 0 Å². The maximum absolute atomic E-state index is 10.1. The average Bonchev–Trinajstić information content (AvgIpc) is 3.24. The largest absolute Gasteiger partial charge is 0.459 e. The van der Waals surface area contributed by atoms with Crippen molar-refractivity contribution in [3.05, 3.63) is 65.7 Å². The van der Waals surface area contributed by atoms with Gasteiger partial charge in [-0.05, 0) is 47.2 Å². The molecule has 0 saturated carbocycles. The van der Waals surface area contributed by atoms with Crippen LogP contribution in [0.15, 0.2) is 65.6 Å². The molecule has 0 amide bonds. The van der Waals surface area contributed by atoms with E-state index in [1.807, 2.05) is 12.1 Å². The van der Waals surface area contributed by atoms with Crippen molar-refractivity contribution in [3.63, 3.8) is 0 Å². The number of H-pyrrole nitrogens is 1. The van der Waals surface area contributed by atoms with E-state index in [1.54, 1.807) is 11.8 Å². The Kier molecular flexibility index (Phi) is 6.81. The van der Waals surface area contributed by atoms with Crippen LogP contribution in [0.4, 0.5) is 0 Å². The van der Waals surface area contributed by atoms with Crippen molar-refractivity contribution in [2.75, 3.05) is 19.5 Å². The fraction of sp³-hybridized carbons (Fsp3) is 0.269. The van der Waals surface area contributed by atoms with Crippen molar-refractivity contribution < 1.29 is 19.7 Å². The summed E-state index contributed by atoms with van der Waals surface area (Å²) in [4.78, 5) is 8.93. The number of fused-ring (bicyclic) bond motifs is 1. The number of aromatic nitrogens is 2. The molecule has 2 heterocycles. The quantitative estimate of drug-likeness (QED) is 0.319. The smallest absolute Gasteiger partial charge is 0.294 e. The number of aromatic amines is 1. The molecule has 3 unspecified atom stereocenters. The molecular formula is C26H25ClN2O4S. The van der Waals surface area contributed by atoms with Gasteiger partial charge in [0.1, 0.15) is 12.2 Å². The lowest BCUT2D eigenvalue weighted by molar-refractivity contribution is -0.131. The predicted octanol–water partition coefficient (Wildman–Crippen LogP) is 5.16. The molecule has 0 bridgehead atoms. The van der Waals surface area contributed by atoms with E-state index in [2.05, 4.69) is 64.8 Å². The Morgan fingerprint density at radius 3 is 2.41 bits per heavy atom. The maximum atomic E-state index is 10.1. The van der Waals surface area contributed by atoms with Crippen LogP contribution in [0.1, 0.15) is 6.42 Å². The molecule has 5 rings (SSSR count). The normalized spacial score (nSPS) is 20.5. The third-order valence-corrected chi connectivity index (χ3v) is 7.11. The summed E-state index contributed by atoms with van der Waals surface area (Å²) in [6, 6.07) is 21.0. The number of aliphatic hydroxyl groups is 2. The molecule has 6 nitrogen and oxygen atoms in total. The minimum absolute atomic E-state index is 0.217. The van der Waals surface area contributed by atoms with E-state index in [0.29, 0.717) is 17.5 Å². The van der Waals surface area contributed by atoms with E-state index >= 15 is 0 Å². The zero-order valence-electron chi connectivity index (χ0n) is 18.6. The zero-order valence-corrected chi connectivity index (χ0v) is 20.1. The van der Waals surface area contributed by atoms with Crippen molar-refractivity contribution in [3.8, 4) is 28.3 Å². The minimum atomic E-state index is -0.777. The van der Waals surface area contributed by atoms with Crippen LogP contribution in [0.3, 0.4) is 0 Å². The summed E-state index contributed by atoms with van der Waals surface area (Å²) in [5.41, 5.74) is 5.70. The van der Waals surface area contributed by atoms with Gasteiger partial charge >= 0.3 is 0 Å². The van der Waals surface area contributed by atoms with Gasteiger partial charge in [-0.3, -0.25) is 0 Å². The Morgan fingerprint density at radius 1 is 1.09 bits per heavy atom. The molecule has 0 radical (unpaired) electrons. The summed E-state index contributed by atoms with van der Waals surface area (Å²) in [6.07, 6.45) is 0.728. The minimum Gasteiger partial charge on any atom is -0.459 e. The third kappa shape index (κ3) is 4.80. The van der Waals surface area contributed by atoms with Crippen LogP contribution in [0.25, 0.3) is 33.3 Å². The highest BCUT2D eigenvalue weighted by molar-refractivity contribution is 7.98.